The van der Waals surface area contributed by atoms with Crippen molar-refractivity contribution in [2.45, 2.75) is 26.8 Å². The molecule has 122 valence electrons. The molecule has 0 bridgehead atoms. The van der Waals surface area contributed by atoms with Crippen LogP contribution >= 0.6 is 11.6 Å². The molecular weight excluding hydrogens is 308 g/mol. The molecule has 4 heteroatoms. The average Bonchev–Trinajstić information content (AvgIpc) is 2.54. The SMILES string of the molecule is CCN(C(=O)CCNCc1ccc(Cl)cc1)c1cccc(C)c1. The predicted molar refractivity (Wildman–Crippen MR) is 97.0 cm³/mol. The van der Waals surface area contributed by atoms with Gasteiger partial charge in [0, 0.05) is 36.8 Å². The molecule has 0 heterocycles. The van der Waals surface area contributed by atoms with Gasteiger partial charge in [-0.3, -0.25) is 4.79 Å². The third-order valence-electron chi connectivity index (χ3n) is 3.69. The molecule has 0 aromatic heterocycles. The number of carbonyl (C=O) groups excluding carboxylic acids is 1. The summed E-state index contributed by atoms with van der Waals surface area (Å²) in [7, 11) is 0. The van der Waals surface area contributed by atoms with Gasteiger partial charge in [-0.2, -0.15) is 0 Å². The minimum atomic E-state index is 0.140. The molecule has 0 saturated heterocycles. The van der Waals surface area contributed by atoms with Crippen molar-refractivity contribution in [2.24, 2.45) is 0 Å². The van der Waals surface area contributed by atoms with E-state index in [-0.39, 0.29) is 5.91 Å². The van der Waals surface area contributed by atoms with E-state index >= 15 is 0 Å². The number of carbonyl (C=O) groups is 1. The second-order valence-electron chi connectivity index (χ2n) is 5.53. The van der Waals surface area contributed by atoms with Crippen LogP contribution in [0.3, 0.4) is 0 Å². The molecule has 1 N–H and O–H groups in total. The van der Waals surface area contributed by atoms with Crippen molar-refractivity contribution in [2.75, 3.05) is 18.0 Å². The van der Waals surface area contributed by atoms with Gasteiger partial charge in [0.2, 0.25) is 5.91 Å². The minimum absolute atomic E-state index is 0.140. The van der Waals surface area contributed by atoms with Crippen molar-refractivity contribution in [3.8, 4) is 0 Å². The number of anilines is 1. The van der Waals surface area contributed by atoms with E-state index in [4.69, 9.17) is 11.6 Å². The quantitative estimate of drug-likeness (QED) is 0.772. The number of halogens is 1. The van der Waals surface area contributed by atoms with Crippen LogP contribution in [0.5, 0.6) is 0 Å². The monoisotopic (exact) mass is 330 g/mol. The molecule has 3 nitrogen and oxygen atoms in total. The lowest BCUT2D eigenvalue weighted by Gasteiger charge is -2.21. The molecule has 0 aliphatic heterocycles. The molecule has 0 radical (unpaired) electrons. The van der Waals surface area contributed by atoms with Crippen molar-refractivity contribution in [3.05, 3.63) is 64.7 Å². The summed E-state index contributed by atoms with van der Waals surface area (Å²) < 4.78 is 0. The standard InChI is InChI=1S/C19H23ClN2O/c1-3-22(18-6-4-5-15(2)13-18)19(23)11-12-21-14-16-7-9-17(20)10-8-16/h4-10,13,21H,3,11-12,14H2,1-2H3. The molecule has 0 fully saturated rings. The summed E-state index contributed by atoms with van der Waals surface area (Å²) in [6.45, 7) is 6.11. The van der Waals surface area contributed by atoms with Crippen LogP contribution < -0.4 is 10.2 Å². The van der Waals surface area contributed by atoms with Gasteiger partial charge in [-0.25, -0.2) is 0 Å². The smallest absolute Gasteiger partial charge is 0.228 e. The Balaban J connectivity index is 1.82. The fraction of sp³-hybridized carbons (Fsp3) is 0.316. The second kappa shape index (κ2) is 8.70. The number of hydrogen-bond acceptors (Lipinski definition) is 2. The molecular formula is C19H23ClN2O. The number of aryl methyl sites for hydroxylation is 1. The number of hydrogen-bond donors (Lipinski definition) is 1. The second-order valence-corrected chi connectivity index (χ2v) is 5.97. The van der Waals surface area contributed by atoms with Crippen LogP contribution in [-0.4, -0.2) is 19.0 Å². The first-order chi connectivity index (χ1) is 11.1. The zero-order valence-corrected chi connectivity index (χ0v) is 14.4. The van der Waals surface area contributed by atoms with E-state index in [1.165, 1.54) is 0 Å². The molecule has 23 heavy (non-hydrogen) atoms. The van der Waals surface area contributed by atoms with E-state index in [9.17, 15) is 4.79 Å². The lowest BCUT2D eigenvalue weighted by molar-refractivity contribution is -0.118. The van der Waals surface area contributed by atoms with Crippen molar-refractivity contribution in [3.63, 3.8) is 0 Å². The first-order valence-electron chi connectivity index (χ1n) is 7.92. The van der Waals surface area contributed by atoms with E-state index < -0.39 is 0 Å². The van der Waals surface area contributed by atoms with Gasteiger partial charge >= 0.3 is 0 Å². The van der Waals surface area contributed by atoms with Crippen LogP contribution in [0.4, 0.5) is 5.69 Å². The highest BCUT2D eigenvalue weighted by Crippen LogP contribution is 2.16. The largest absolute Gasteiger partial charge is 0.313 e. The Morgan fingerprint density at radius 1 is 1.17 bits per heavy atom. The van der Waals surface area contributed by atoms with Crippen LogP contribution in [0.2, 0.25) is 5.02 Å². The number of nitrogens with one attached hydrogen (secondary N) is 1. The fourth-order valence-corrected chi connectivity index (χ4v) is 2.59. The highest BCUT2D eigenvalue weighted by Gasteiger charge is 2.13. The van der Waals surface area contributed by atoms with E-state index in [2.05, 4.69) is 5.32 Å². The maximum atomic E-state index is 12.4. The van der Waals surface area contributed by atoms with E-state index in [0.29, 0.717) is 19.5 Å². The molecule has 2 aromatic carbocycles. The highest BCUT2D eigenvalue weighted by molar-refractivity contribution is 6.30. The van der Waals surface area contributed by atoms with Crippen LogP contribution in [0.25, 0.3) is 0 Å². The lowest BCUT2D eigenvalue weighted by atomic mass is 10.2. The van der Waals surface area contributed by atoms with Crippen LogP contribution in [-0.2, 0) is 11.3 Å². The van der Waals surface area contributed by atoms with Crippen LogP contribution in [0, 0.1) is 6.92 Å². The Morgan fingerprint density at radius 2 is 1.91 bits per heavy atom. The normalized spacial score (nSPS) is 10.6. The van der Waals surface area contributed by atoms with Crippen molar-refractivity contribution in [1.29, 1.82) is 0 Å². The number of benzene rings is 2. The molecule has 0 aliphatic rings. The number of rotatable bonds is 7. The molecule has 0 saturated carbocycles. The summed E-state index contributed by atoms with van der Waals surface area (Å²) in [5.74, 6) is 0.140. The zero-order chi connectivity index (χ0) is 16.7. The molecule has 0 aliphatic carbocycles. The van der Waals surface area contributed by atoms with Gasteiger partial charge in [0.1, 0.15) is 0 Å². The third-order valence-corrected chi connectivity index (χ3v) is 3.94. The van der Waals surface area contributed by atoms with Crippen molar-refractivity contribution < 1.29 is 4.79 Å². The number of amides is 1. The van der Waals surface area contributed by atoms with Gasteiger partial charge in [0.25, 0.3) is 0 Å². The van der Waals surface area contributed by atoms with Crippen molar-refractivity contribution >= 4 is 23.2 Å². The predicted octanol–water partition coefficient (Wildman–Crippen LogP) is 4.18. The minimum Gasteiger partial charge on any atom is -0.313 e. The summed E-state index contributed by atoms with van der Waals surface area (Å²) in [5, 5.41) is 4.04. The third kappa shape index (κ3) is 5.38. The summed E-state index contributed by atoms with van der Waals surface area (Å²) >= 11 is 5.86. The maximum Gasteiger partial charge on any atom is 0.228 e. The van der Waals surface area contributed by atoms with Crippen molar-refractivity contribution in [1.82, 2.24) is 5.32 Å². The summed E-state index contributed by atoms with van der Waals surface area (Å²) in [4.78, 5) is 14.2. The summed E-state index contributed by atoms with van der Waals surface area (Å²) in [6, 6.07) is 15.8. The first-order valence-corrected chi connectivity index (χ1v) is 8.30. The van der Waals surface area contributed by atoms with Gasteiger partial charge in [0.05, 0.1) is 0 Å². The van der Waals surface area contributed by atoms with Gasteiger partial charge in [-0.15, -0.1) is 0 Å². The Hall–Kier alpha value is -1.84. The Kier molecular flexibility index (Phi) is 6.63. The maximum absolute atomic E-state index is 12.4. The Bertz CT molecular complexity index is 640. The average molecular weight is 331 g/mol. The first kappa shape index (κ1) is 17.5. The summed E-state index contributed by atoms with van der Waals surface area (Å²) in [5.41, 5.74) is 3.29. The Labute approximate surface area is 143 Å². The molecule has 0 spiro atoms. The molecule has 1 amide bonds. The van der Waals surface area contributed by atoms with E-state index in [0.717, 1.165) is 28.4 Å². The zero-order valence-electron chi connectivity index (χ0n) is 13.7. The van der Waals surface area contributed by atoms with Crippen LogP contribution in [0.1, 0.15) is 24.5 Å². The number of nitrogens with zero attached hydrogens (tertiary/aromatic N) is 1. The molecule has 0 unspecified atom stereocenters. The highest BCUT2D eigenvalue weighted by atomic mass is 35.5. The summed E-state index contributed by atoms with van der Waals surface area (Å²) in [6.07, 6.45) is 0.482. The van der Waals surface area contributed by atoms with Gasteiger partial charge in [0.15, 0.2) is 0 Å². The fourth-order valence-electron chi connectivity index (χ4n) is 2.46. The topological polar surface area (TPSA) is 32.3 Å². The molecule has 2 rings (SSSR count). The van der Waals surface area contributed by atoms with Gasteiger partial charge < -0.3 is 10.2 Å². The lowest BCUT2D eigenvalue weighted by Crippen LogP contribution is -2.33. The van der Waals surface area contributed by atoms with Gasteiger partial charge in [-0.05, 0) is 49.2 Å². The molecule has 2 aromatic rings. The van der Waals surface area contributed by atoms with Gasteiger partial charge in [-0.1, -0.05) is 35.9 Å². The molecule has 0 atom stereocenters. The van der Waals surface area contributed by atoms with E-state index in [1.807, 2.05) is 67.3 Å². The Morgan fingerprint density at radius 3 is 2.57 bits per heavy atom. The van der Waals surface area contributed by atoms with E-state index in [1.54, 1.807) is 0 Å². The van der Waals surface area contributed by atoms with Crippen LogP contribution in [0.15, 0.2) is 48.5 Å².